The lowest BCUT2D eigenvalue weighted by Crippen LogP contribution is -2.25. The lowest BCUT2D eigenvalue weighted by molar-refractivity contribution is -0.121. The van der Waals surface area contributed by atoms with Crippen LogP contribution in [0.2, 0.25) is 0 Å². The molecule has 5 heteroatoms. The lowest BCUT2D eigenvalue weighted by Gasteiger charge is -2.12. The molecule has 20 heavy (non-hydrogen) atoms. The summed E-state index contributed by atoms with van der Waals surface area (Å²) in [6, 6.07) is 7.59. The zero-order chi connectivity index (χ0) is 14.1. The molecule has 2 atom stereocenters. The molecule has 2 N–H and O–H groups in total. The van der Waals surface area contributed by atoms with Gasteiger partial charge in [-0.3, -0.25) is 9.59 Å². The van der Waals surface area contributed by atoms with Gasteiger partial charge in [0.2, 0.25) is 11.8 Å². The highest BCUT2D eigenvalue weighted by Gasteiger charge is 2.39. The first kappa shape index (κ1) is 12.8. The summed E-state index contributed by atoms with van der Waals surface area (Å²) < 4.78 is 0. The molecule has 1 heterocycles. The van der Waals surface area contributed by atoms with Crippen molar-refractivity contribution in [1.82, 2.24) is 5.43 Å². The second-order valence-corrected chi connectivity index (χ2v) is 5.48. The highest BCUT2D eigenvalue weighted by Crippen LogP contribution is 2.38. The number of amides is 2. The van der Waals surface area contributed by atoms with E-state index in [0.29, 0.717) is 18.8 Å². The Morgan fingerprint density at radius 2 is 2.00 bits per heavy atom. The van der Waals surface area contributed by atoms with E-state index >= 15 is 0 Å². The molecule has 0 radical (unpaired) electrons. The molecule has 1 aromatic carbocycles. The van der Waals surface area contributed by atoms with Crippen LogP contribution in [0.5, 0.6) is 0 Å². The number of nitrogens with one attached hydrogen (secondary N) is 2. The third kappa shape index (κ3) is 2.71. The van der Waals surface area contributed by atoms with Gasteiger partial charge in [-0.2, -0.15) is 5.10 Å². The van der Waals surface area contributed by atoms with Crippen LogP contribution < -0.4 is 10.7 Å². The van der Waals surface area contributed by atoms with Crippen LogP contribution in [0, 0.1) is 11.8 Å². The predicted octanol–water partition coefficient (Wildman–Crippen LogP) is 1.90. The summed E-state index contributed by atoms with van der Waals surface area (Å²) in [5.41, 5.74) is 5.14. The fourth-order valence-electron chi connectivity index (χ4n) is 2.35. The molecule has 3 rings (SSSR count). The predicted molar refractivity (Wildman–Crippen MR) is 76.3 cm³/mol. The number of rotatable bonds is 3. The summed E-state index contributed by atoms with van der Waals surface area (Å²) >= 11 is 0. The average molecular weight is 271 g/mol. The molecular weight excluding hydrogens is 254 g/mol. The standard InChI is InChI=1S/C15H17N3O2/c1-9-8-12(9)15(20)16-11-4-2-10(3-5-11)13-6-7-14(19)18-17-13/h2-5,9,12H,6-8H2,1H3,(H,16,20)(H,18,19)/t9-,12-/m1/s1. The second-order valence-electron chi connectivity index (χ2n) is 5.48. The summed E-state index contributed by atoms with van der Waals surface area (Å²) in [5.74, 6) is 0.741. The van der Waals surface area contributed by atoms with Crippen LogP contribution in [0.15, 0.2) is 29.4 Å². The van der Waals surface area contributed by atoms with E-state index in [1.807, 2.05) is 24.3 Å². The number of carbonyl (C=O) groups is 2. The first-order valence-electron chi connectivity index (χ1n) is 6.90. The van der Waals surface area contributed by atoms with Gasteiger partial charge in [0, 0.05) is 24.4 Å². The van der Waals surface area contributed by atoms with Crippen molar-refractivity contribution in [2.24, 2.45) is 16.9 Å². The van der Waals surface area contributed by atoms with Crippen LogP contribution in [-0.4, -0.2) is 17.5 Å². The van der Waals surface area contributed by atoms with E-state index in [9.17, 15) is 9.59 Å². The second kappa shape index (κ2) is 5.07. The molecular formula is C15H17N3O2. The van der Waals surface area contributed by atoms with Crippen molar-refractivity contribution < 1.29 is 9.59 Å². The topological polar surface area (TPSA) is 70.6 Å². The molecule has 1 aliphatic carbocycles. The number of hydrogen-bond acceptors (Lipinski definition) is 3. The molecule has 0 unspecified atom stereocenters. The molecule has 0 aromatic heterocycles. The molecule has 1 saturated carbocycles. The number of carbonyl (C=O) groups excluding carboxylic acids is 2. The summed E-state index contributed by atoms with van der Waals surface area (Å²) in [6.45, 7) is 2.09. The summed E-state index contributed by atoms with van der Waals surface area (Å²) in [5, 5.41) is 6.97. The number of hydrogen-bond donors (Lipinski definition) is 2. The van der Waals surface area contributed by atoms with Gasteiger partial charge in [-0.15, -0.1) is 0 Å². The van der Waals surface area contributed by atoms with E-state index < -0.39 is 0 Å². The van der Waals surface area contributed by atoms with Gasteiger partial charge in [-0.1, -0.05) is 19.1 Å². The zero-order valence-electron chi connectivity index (χ0n) is 11.3. The minimum absolute atomic E-state index is 0.0452. The fourth-order valence-corrected chi connectivity index (χ4v) is 2.35. The normalized spacial score (nSPS) is 24.6. The van der Waals surface area contributed by atoms with E-state index in [1.165, 1.54) is 0 Å². The number of anilines is 1. The first-order valence-corrected chi connectivity index (χ1v) is 6.90. The van der Waals surface area contributed by atoms with Crippen LogP contribution in [0.1, 0.15) is 31.7 Å². The summed E-state index contributed by atoms with van der Waals surface area (Å²) in [6.07, 6.45) is 2.11. The smallest absolute Gasteiger partial charge is 0.240 e. The Balaban J connectivity index is 1.65. The molecule has 2 amide bonds. The quantitative estimate of drug-likeness (QED) is 0.881. The first-order chi connectivity index (χ1) is 9.63. The largest absolute Gasteiger partial charge is 0.326 e. The van der Waals surface area contributed by atoms with E-state index in [0.717, 1.165) is 23.4 Å². The minimum Gasteiger partial charge on any atom is -0.326 e. The van der Waals surface area contributed by atoms with Crippen LogP contribution in [0.25, 0.3) is 0 Å². The summed E-state index contributed by atoms with van der Waals surface area (Å²) in [4.78, 5) is 22.9. The van der Waals surface area contributed by atoms with Crippen molar-refractivity contribution in [2.75, 3.05) is 5.32 Å². The maximum Gasteiger partial charge on any atom is 0.240 e. The molecule has 2 aliphatic rings. The van der Waals surface area contributed by atoms with E-state index in [4.69, 9.17) is 0 Å². The van der Waals surface area contributed by atoms with Gasteiger partial charge < -0.3 is 5.32 Å². The Labute approximate surface area is 117 Å². The van der Waals surface area contributed by atoms with Crippen molar-refractivity contribution >= 4 is 23.2 Å². The van der Waals surface area contributed by atoms with Crippen LogP contribution in [0.3, 0.4) is 0 Å². The van der Waals surface area contributed by atoms with Gasteiger partial charge in [0.1, 0.15) is 0 Å². The molecule has 1 aromatic rings. The SMILES string of the molecule is C[C@@H]1C[C@H]1C(=O)Nc1ccc(C2=NNC(=O)CC2)cc1. The Morgan fingerprint density at radius 3 is 2.55 bits per heavy atom. The van der Waals surface area contributed by atoms with E-state index in [2.05, 4.69) is 22.8 Å². The summed E-state index contributed by atoms with van der Waals surface area (Å²) in [7, 11) is 0. The molecule has 5 nitrogen and oxygen atoms in total. The number of benzene rings is 1. The Kier molecular flexibility index (Phi) is 3.26. The highest BCUT2D eigenvalue weighted by molar-refractivity contribution is 6.04. The molecule has 1 fully saturated rings. The van der Waals surface area contributed by atoms with Gasteiger partial charge in [0.05, 0.1) is 5.71 Å². The monoisotopic (exact) mass is 271 g/mol. The number of hydrazone groups is 1. The van der Waals surface area contributed by atoms with E-state index in [1.54, 1.807) is 0 Å². The van der Waals surface area contributed by atoms with Gasteiger partial charge >= 0.3 is 0 Å². The third-order valence-electron chi connectivity index (χ3n) is 3.84. The number of nitrogens with zero attached hydrogens (tertiary/aromatic N) is 1. The van der Waals surface area contributed by atoms with Crippen molar-refractivity contribution in [1.29, 1.82) is 0 Å². The lowest BCUT2D eigenvalue weighted by atomic mass is 10.0. The van der Waals surface area contributed by atoms with Gasteiger partial charge in [-0.25, -0.2) is 5.43 Å². The molecule has 0 spiro atoms. The van der Waals surface area contributed by atoms with Gasteiger partial charge in [-0.05, 0) is 30.0 Å². The van der Waals surface area contributed by atoms with Crippen LogP contribution in [0.4, 0.5) is 5.69 Å². The molecule has 104 valence electrons. The zero-order valence-corrected chi connectivity index (χ0v) is 11.3. The Hall–Kier alpha value is -2.17. The average Bonchev–Trinajstić information content (AvgIpc) is 3.18. The van der Waals surface area contributed by atoms with E-state index in [-0.39, 0.29) is 17.7 Å². The maximum atomic E-state index is 11.8. The van der Waals surface area contributed by atoms with Crippen LogP contribution in [-0.2, 0) is 9.59 Å². The molecule has 1 aliphatic heterocycles. The Bertz CT molecular complexity index is 577. The van der Waals surface area contributed by atoms with Crippen molar-refractivity contribution in [3.8, 4) is 0 Å². The molecule has 0 bridgehead atoms. The highest BCUT2D eigenvalue weighted by atomic mass is 16.2. The van der Waals surface area contributed by atoms with Crippen molar-refractivity contribution in [2.45, 2.75) is 26.2 Å². The fraction of sp³-hybridized carbons (Fsp3) is 0.400. The maximum absolute atomic E-state index is 11.8. The van der Waals surface area contributed by atoms with Gasteiger partial charge in [0.25, 0.3) is 0 Å². The molecule has 0 saturated heterocycles. The van der Waals surface area contributed by atoms with Crippen LogP contribution >= 0.6 is 0 Å². The van der Waals surface area contributed by atoms with Crippen molar-refractivity contribution in [3.63, 3.8) is 0 Å². The van der Waals surface area contributed by atoms with Gasteiger partial charge in [0.15, 0.2) is 0 Å². The minimum atomic E-state index is -0.0452. The third-order valence-corrected chi connectivity index (χ3v) is 3.84. The Morgan fingerprint density at radius 1 is 1.30 bits per heavy atom. The van der Waals surface area contributed by atoms with Crippen molar-refractivity contribution in [3.05, 3.63) is 29.8 Å².